The summed E-state index contributed by atoms with van der Waals surface area (Å²) in [5.41, 5.74) is 2.41. The summed E-state index contributed by atoms with van der Waals surface area (Å²) in [6.07, 6.45) is -4.25. The predicted molar refractivity (Wildman–Crippen MR) is 131 cm³/mol. The van der Waals surface area contributed by atoms with Crippen molar-refractivity contribution in [2.24, 2.45) is 5.16 Å². The molecule has 0 N–H and O–H groups in total. The van der Waals surface area contributed by atoms with Gasteiger partial charge in [-0.05, 0) is 49.2 Å². The zero-order chi connectivity index (χ0) is 27.1. The predicted octanol–water partition coefficient (Wildman–Crippen LogP) is 4.76. The van der Waals surface area contributed by atoms with Crippen molar-refractivity contribution in [2.75, 3.05) is 26.2 Å². The molecule has 2 aliphatic heterocycles. The van der Waals surface area contributed by atoms with Crippen LogP contribution >= 0.6 is 23.2 Å². The van der Waals surface area contributed by atoms with Crippen LogP contribution in [0.4, 0.5) is 13.2 Å². The molecular weight excluding hydrogens is 534 g/mol. The number of nitrogens with zero attached hydrogens (tertiary/aromatic N) is 3. The number of Topliss-reactive ketones (excluding diaryl/α,β-unsaturated/α-hetero) is 1. The number of halogens is 5. The van der Waals surface area contributed by atoms with Crippen LogP contribution in [0.3, 0.4) is 0 Å². The number of amides is 2. The number of oxime groups is 1. The van der Waals surface area contributed by atoms with E-state index in [2.05, 4.69) is 5.16 Å². The number of imide groups is 1. The second kappa shape index (κ2) is 10.1. The van der Waals surface area contributed by atoms with Gasteiger partial charge in [0, 0.05) is 27.6 Å². The zero-order valence-electron chi connectivity index (χ0n) is 19.9. The van der Waals surface area contributed by atoms with Gasteiger partial charge in [0.2, 0.25) is 11.8 Å². The van der Waals surface area contributed by atoms with Crippen LogP contribution in [0.2, 0.25) is 10.0 Å². The van der Waals surface area contributed by atoms with Crippen LogP contribution in [0.15, 0.2) is 41.6 Å². The fourth-order valence-corrected chi connectivity index (χ4v) is 4.89. The van der Waals surface area contributed by atoms with Crippen molar-refractivity contribution in [3.05, 3.63) is 68.7 Å². The number of hydrogen-bond donors (Lipinski definition) is 0. The van der Waals surface area contributed by atoms with Crippen molar-refractivity contribution in [1.29, 1.82) is 0 Å². The highest BCUT2D eigenvalue weighted by molar-refractivity contribution is 6.34. The summed E-state index contributed by atoms with van der Waals surface area (Å²) in [4.78, 5) is 44.2. The lowest BCUT2D eigenvalue weighted by molar-refractivity contribution is -0.174. The molecule has 37 heavy (non-hydrogen) atoms. The van der Waals surface area contributed by atoms with E-state index in [0.29, 0.717) is 33.3 Å². The highest BCUT2D eigenvalue weighted by atomic mass is 35.5. The van der Waals surface area contributed by atoms with Gasteiger partial charge in [0.25, 0.3) is 0 Å². The first-order chi connectivity index (χ1) is 17.2. The summed E-state index contributed by atoms with van der Waals surface area (Å²) in [7, 11) is 0. The number of rotatable bonds is 6. The molecular formula is C25H22Cl2F3N3O4. The lowest BCUT2D eigenvalue weighted by Gasteiger charge is -2.32. The Balaban J connectivity index is 1.42. The third kappa shape index (κ3) is 6.14. The molecule has 1 unspecified atom stereocenters. The molecule has 2 amide bonds. The molecule has 2 aliphatic rings. The van der Waals surface area contributed by atoms with Gasteiger partial charge in [0.1, 0.15) is 6.54 Å². The van der Waals surface area contributed by atoms with Crippen molar-refractivity contribution >= 4 is 46.5 Å². The summed E-state index contributed by atoms with van der Waals surface area (Å²) in [6, 6.07) is 10.3. The van der Waals surface area contributed by atoms with Crippen LogP contribution < -0.4 is 0 Å². The minimum atomic E-state index is -4.69. The number of carbonyl (C=O) groups is 3. The molecule has 1 saturated heterocycles. The van der Waals surface area contributed by atoms with Crippen LogP contribution in [0.25, 0.3) is 0 Å². The monoisotopic (exact) mass is 555 g/mol. The molecule has 4 rings (SSSR count). The number of ketones is 1. The highest BCUT2D eigenvalue weighted by Gasteiger charge is 2.40. The van der Waals surface area contributed by atoms with Gasteiger partial charge in [0.05, 0.1) is 25.3 Å². The Kier molecular flexibility index (Phi) is 7.38. The van der Waals surface area contributed by atoms with Crippen LogP contribution in [-0.4, -0.2) is 65.5 Å². The first-order valence-electron chi connectivity index (χ1n) is 11.2. The second-order valence-electron chi connectivity index (χ2n) is 9.28. The first-order valence-corrected chi connectivity index (χ1v) is 12.0. The quantitative estimate of drug-likeness (QED) is 0.379. The molecule has 7 nitrogen and oxygen atoms in total. The van der Waals surface area contributed by atoms with Crippen LogP contribution in [0, 0.1) is 6.92 Å². The smallest absolute Gasteiger partial charge is 0.384 e. The topological polar surface area (TPSA) is 79.3 Å². The summed E-state index contributed by atoms with van der Waals surface area (Å²) >= 11 is 12.3. The molecule has 0 aliphatic carbocycles. The third-order valence-electron chi connectivity index (χ3n) is 6.22. The Bertz CT molecular complexity index is 1280. The molecule has 196 valence electrons. The summed E-state index contributed by atoms with van der Waals surface area (Å²) in [5, 5.41) is 5.18. The molecule has 0 saturated carbocycles. The van der Waals surface area contributed by atoms with Gasteiger partial charge in [-0.25, -0.2) is 0 Å². The lowest BCUT2D eigenvalue weighted by atomic mass is 9.88. The third-order valence-corrected chi connectivity index (χ3v) is 6.66. The molecule has 0 spiro atoms. The Morgan fingerprint density at radius 1 is 1.08 bits per heavy atom. The molecule has 0 aromatic heterocycles. The molecule has 0 bridgehead atoms. The molecule has 2 aromatic rings. The van der Waals surface area contributed by atoms with Crippen LogP contribution in [-0.2, 0) is 20.0 Å². The van der Waals surface area contributed by atoms with Crippen molar-refractivity contribution in [3.63, 3.8) is 0 Å². The average molecular weight is 556 g/mol. The van der Waals surface area contributed by atoms with Gasteiger partial charge >= 0.3 is 6.18 Å². The summed E-state index contributed by atoms with van der Waals surface area (Å²) in [5.74, 6) is -2.34. The van der Waals surface area contributed by atoms with Gasteiger partial charge in [-0.3, -0.25) is 24.2 Å². The normalized spacial score (nSPS) is 20.7. The van der Waals surface area contributed by atoms with E-state index in [9.17, 15) is 27.6 Å². The van der Waals surface area contributed by atoms with E-state index < -0.39 is 43.2 Å². The van der Waals surface area contributed by atoms with Crippen molar-refractivity contribution in [3.8, 4) is 0 Å². The maximum Gasteiger partial charge on any atom is 0.406 e. The zero-order valence-corrected chi connectivity index (χ0v) is 21.4. The number of piperazine rings is 1. The SMILES string of the molecule is Cc1cc(C2=NOC(C)(c3cc(Cl)cc(Cl)c3)C2)ccc1C(=O)CN1CC(=O)N(CC(F)(F)F)C(=O)C1. The van der Waals surface area contributed by atoms with E-state index >= 15 is 0 Å². The largest absolute Gasteiger partial charge is 0.406 e. The lowest BCUT2D eigenvalue weighted by Crippen LogP contribution is -2.56. The fraction of sp³-hybridized carbons (Fsp3) is 0.360. The average Bonchev–Trinajstić information content (AvgIpc) is 3.18. The Hall–Kier alpha value is -2.95. The molecule has 2 aromatic carbocycles. The molecule has 2 heterocycles. The molecule has 1 fully saturated rings. The van der Waals surface area contributed by atoms with Gasteiger partial charge in [-0.2, -0.15) is 13.2 Å². The maximum absolute atomic E-state index is 12.9. The second-order valence-corrected chi connectivity index (χ2v) is 10.2. The van der Waals surface area contributed by atoms with E-state index in [1.807, 2.05) is 6.92 Å². The number of carbonyl (C=O) groups excluding carboxylic acids is 3. The molecule has 0 radical (unpaired) electrons. The standard InChI is InChI=1S/C25H22Cl2F3N3O4/c1-14-5-15(20-9-24(2,37-31-20)16-6-17(26)8-18(27)7-16)3-4-19(14)21(34)10-32-11-22(35)33(23(36)12-32)13-25(28,29)30/h3-8H,9-13H2,1-2H3. The Morgan fingerprint density at radius 3 is 2.27 bits per heavy atom. The molecule has 12 heteroatoms. The van der Waals surface area contributed by atoms with Crippen LogP contribution in [0.1, 0.15) is 40.4 Å². The maximum atomic E-state index is 12.9. The minimum absolute atomic E-state index is 0.177. The van der Waals surface area contributed by atoms with E-state index in [1.54, 1.807) is 43.3 Å². The van der Waals surface area contributed by atoms with Gasteiger partial charge in [-0.15, -0.1) is 0 Å². The van der Waals surface area contributed by atoms with Gasteiger partial charge < -0.3 is 4.84 Å². The van der Waals surface area contributed by atoms with Crippen molar-refractivity contribution in [2.45, 2.75) is 32.0 Å². The number of alkyl halides is 3. The number of aryl methyl sites for hydroxylation is 1. The summed E-state index contributed by atoms with van der Waals surface area (Å²) < 4.78 is 37.9. The van der Waals surface area contributed by atoms with E-state index in [1.165, 1.54) is 4.90 Å². The van der Waals surface area contributed by atoms with Crippen molar-refractivity contribution in [1.82, 2.24) is 9.80 Å². The van der Waals surface area contributed by atoms with E-state index in [-0.39, 0.29) is 17.2 Å². The number of hydrogen-bond acceptors (Lipinski definition) is 6. The summed E-state index contributed by atoms with van der Waals surface area (Å²) in [6.45, 7) is 0.781. The van der Waals surface area contributed by atoms with E-state index in [0.717, 1.165) is 11.1 Å². The number of benzene rings is 2. The Morgan fingerprint density at radius 2 is 1.70 bits per heavy atom. The highest BCUT2D eigenvalue weighted by Crippen LogP contribution is 2.38. The Labute approximate surface area is 220 Å². The first kappa shape index (κ1) is 27.1. The van der Waals surface area contributed by atoms with E-state index in [4.69, 9.17) is 28.0 Å². The van der Waals surface area contributed by atoms with Gasteiger partial charge in [0.15, 0.2) is 11.4 Å². The minimum Gasteiger partial charge on any atom is -0.384 e. The fourth-order valence-electron chi connectivity index (χ4n) is 4.37. The van der Waals surface area contributed by atoms with Crippen molar-refractivity contribution < 1.29 is 32.4 Å². The van der Waals surface area contributed by atoms with Crippen LogP contribution in [0.5, 0.6) is 0 Å². The van der Waals surface area contributed by atoms with Gasteiger partial charge in [-0.1, -0.05) is 40.5 Å². The molecule has 1 atom stereocenters.